The zero-order valence-corrected chi connectivity index (χ0v) is 13.5. The van der Waals surface area contributed by atoms with E-state index in [9.17, 15) is 0 Å². The Bertz CT molecular complexity index is 718. The summed E-state index contributed by atoms with van der Waals surface area (Å²) in [6, 6.07) is 11.8. The molecule has 0 saturated heterocycles. The SMILES string of the molecule is Brc1ccccc1-c1nnc(SCCc2ccncc2)o1. The van der Waals surface area contributed by atoms with Crippen molar-refractivity contribution in [2.75, 3.05) is 5.75 Å². The van der Waals surface area contributed by atoms with Gasteiger partial charge in [-0.2, -0.15) is 0 Å². The first-order valence-corrected chi connectivity index (χ1v) is 8.21. The maximum Gasteiger partial charge on any atom is 0.276 e. The second kappa shape index (κ2) is 6.87. The van der Waals surface area contributed by atoms with Crippen LogP contribution in [0, 0.1) is 0 Å². The second-order valence-corrected chi connectivity index (χ2v) is 6.21. The summed E-state index contributed by atoms with van der Waals surface area (Å²) >= 11 is 5.05. The van der Waals surface area contributed by atoms with E-state index in [1.165, 1.54) is 5.56 Å². The number of benzene rings is 1. The highest BCUT2D eigenvalue weighted by Crippen LogP contribution is 2.29. The average Bonchev–Trinajstić information content (AvgIpc) is 2.97. The van der Waals surface area contributed by atoms with E-state index in [4.69, 9.17) is 4.42 Å². The second-order valence-electron chi connectivity index (χ2n) is 4.31. The summed E-state index contributed by atoms with van der Waals surface area (Å²) < 4.78 is 6.63. The lowest BCUT2D eigenvalue weighted by Gasteiger charge is -1.98. The van der Waals surface area contributed by atoms with Crippen molar-refractivity contribution in [1.29, 1.82) is 0 Å². The number of halogens is 1. The Morgan fingerprint density at radius 2 is 1.86 bits per heavy atom. The Labute approximate surface area is 135 Å². The van der Waals surface area contributed by atoms with E-state index >= 15 is 0 Å². The molecule has 1 aromatic carbocycles. The molecule has 0 aliphatic carbocycles. The largest absolute Gasteiger partial charge is 0.411 e. The zero-order valence-electron chi connectivity index (χ0n) is 11.1. The first kappa shape index (κ1) is 14.3. The molecule has 0 atom stereocenters. The van der Waals surface area contributed by atoms with Crippen molar-refractivity contribution < 1.29 is 4.42 Å². The number of hydrogen-bond acceptors (Lipinski definition) is 5. The Hall–Kier alpha value is -1.66. The van der Waals surface area contributed by atoms with Crippen molar-refractivity contribution in [3.05, 3.63) is 58.8 Å². The summed E-state index contributed by atoms with van der Waals surface area (Å²) in [6.45, 7) is 0. The molecule has 2 aromatic heterocycles. The van der Waals surface area contributed by atoms with Gasteiger partial charge in [0.15, 0.2) is 0 Å². The van der Waals surface area contributed by atoms with Gasteiger partial charge in [0.2, 0.25) is 5.89 Å². The number of aromatic nitrogens is 3. The molecule has 21 heavy (non-hydrogen) atoms. The van der Waals surface area contributed by atoms with Crippen LogP contribution in [0.25, 0.3) is 11.5 Å². The summed E-state index contributed by atoms with van der Waals surface area (Å²) in [7, 11) is 0. The molecular formula is C15H12BrN3OS. The third-order valence-electron chi connectivity index (χ3n) is 2.88. The maximum absolute atomic E-state index is 5.69. The zero-order chi connectivity index (χ0) is 14.5. The predicted molar refractivity (Wildman–Crippen MR) is 86.1 cm³/mol. The fourth-order valence-corrected chi connectivity index (χ4v) is 3.02. The number of thioether (sulfide) groups is 1. The molecular weight excluding hydrogens is 350 g/mol. The maximum atomic E-state index is 5.69. The van der Waals surface area contributed by atoms with Crippen molar-refractivity contribution in [1.82, 2.24) is 15.2 Å². The first-order valence-electron chi connectivity index (χ1n) is 6.43. The molecule has 3 aromatic rings. The molecule has 4 nitrogen and oxygen atoms in total. The molecule has 0 bridgehead atoms. The van der Waals surface area contributed by atoms with Gasteiger partial charge in [0.25, 0.3) is 5.22 Å². The molecule has 0 saturated carbocycles. The molecule has 0 aliphatic heterocycles. The van der Waals surface area contributed by atoms with Crippen LogP contribution < -0.4 is 0 Å². The highest BCUT2D eigenvalue weighted by atomic mass is 79.9. The van der Waals surface area contributed by atoms with Crippen LogP contribution in [0.1, 0.15) is 5.56 Å². The van der Waals surface area contributed by atoms with Crippen molar-refractivity contribution in [3.63, 3.8) is 0 Å². The minimum absolute atomic E-state index is 0.536. The van der Waals surface area contributed by atoms with Gasteiger partial charge < -0.3 is 4.42 Å². The monoisotopic (exact) mass is 361 g/mol. The van der Waals surface area contributed by atoms with Crippen molar-refractivity contribution >= 4 is 27.7 Å². The Morgan fingerprint density at radius 3 is 2.67 bits per heavy atom. The molecule has 106 valence electrons. The standard InChI is InChI=1S/C15H12BrN3OS/c16-13-4-2-1-3-12(13)14-18-19-15(20-14)21-10-7-11-5-8-17-9-6-11/h1-6,8-9H,7,10H2. The van der Waals surface area contributed by atoms with Gasteiger partial charge in [0, 0.05) is 22.6 Å². The molecule has 0 amide bonds. The van der Waals surface area contributed by atoms with E-state index in [0.29, 0.717) is 11.1 Å². The van der Waals surface area contributed by atoms with Crippen LogP contribution in [0.15, 0.2) is 62.9 Å². The first-order chi connectivity index (χ1) is 10.3. The van der Waals surface area contributed by atoms with Crippen LogP contribution in [0.3, 0.4) is 0 Å². The van der Waals surface area contributed by atoms with Crippen LogP contribution in [-0.2, 0) is 6.42 Å². The number of pyridine rings is 1. The van der Waals surface area contributed by atoms with Gasteiger partial charge >= 0.3 is 0 Å². The summed E-state index contributed by atoms with van der Waals surface area (Å²) in [5.74, 6) is 1.43. The number of hydrogen-bond donors (Lipinski definition) is 0. The van der Waals surface area contributed by atoms with Crippen molar-refractivity contribution in [2.45, 2.75) is 11.6 Å². The number of rotatable bonds is 5. The molecule has 0 N–H and O–H groups in total. The molecule has 2 heterocycles. The van der Waals surface area contributed by atoms with Gasteiger partial charge in [-0.1, -0.05) is 23.9 Å². The van der Waals surface area contributed by atoms with Gasteiger partial charge in [-0.15, -0.1) is 10.2 Å². The normalized spacial score (nSPS) is 10.7. The molecule has 0 radical (unpaired) electrons. The van der Waals surface area contributed by atoms with Gasteiger partial charge in [-0.3, -0.25) is 4.98 Å². The van der Waals surface area contributed by atoms with Gasteiger partial charge in [0.1, 0.15) is 0 Å². The van der Waals surface area contributed by atoms with E-state index < -0.39 is 0 Å². The van der Waals surface area contributed by atoms with Crippen LogP contribution in [0.2, 0.25) is 0 Å². The lowest BCUT2D eigenvalue weighted by atomic mass is 10.2. The van der Waals surface area contributed by atoms with Crippen LogP contribution in [-0.4, -0.2) is 20.9 Å². The summed E-state index contributed by atoms with van der Waals surface area (Å²) in [4.78, 5) is 4.00. The molecule has 0 spiro atoms. The van der Waals surface area contributed by atoms with E-state index in [-0.39, 0.29) is 0 Å². The fraction of sp³-hybridized carbons (Fsp3) is 0.133. The van der Waals surface area contributed by atoms with Gasteiger partial charge in [-0.05, 0) is 52.2 Å². The van der Waals surface area contributed by atoms with Crippen LogP contribution >= 0.6 is 27.7 Å². The summed E-state index contributed by atoms with van der Waals surface area (Å²) in [6.07, 6.45) is 4.55. The fourth-order valence-electron chi connectivity index (χ4n) is 1.82. The smallest absolute Gasteiger partial charge is 0.276 e. The minimum Gasteiger partial charge on any atom is -0.411 e. The van der Waals surface area contributed by atoms with E-state index in [1.54, 1.807) is 24.2 Å². The Kier molecular flexibility index (Phi) is 4.67. The third-order valence-corrected chi connectivity index (χ3v) is 4.39. The molecule has 6 heteroatoms. The third kappa shape index (κ3) is 3.71. The Balaban J connectivity index is 1.62. The van der Waals surface area contributed by atoms with Gasteiger partial charge in [0.05, 0.1) is 5.56 Å². The van der Waals surface area contributed by atoms with Crippen molar-refractivity contribution in [2.24, 2.45) is 0 Å². The molecule has 0 fully saturated rings. The highest BCUT2D eigenvalue weighted by molar-refractivity contribution is 9.10. The Morgan fingerprint density at radius 1 is 1.05 bits per heavy atom. The van der Waals surface area contributed by atoms with Crippen LogP contribution in [0.4, 0.5) is 0 Å². The molecule has 0 unspecified atom stereocenters. The van der Waals surface area contributed by atoms with Crippen LogP contribution in [0.5, 0.6) is 0 Å². The summed E-state index contributed by atoms with van der Waals surface area (Å²) in [5, 5.41) is 8.77. The number of aryl methyl sites for hydroxylation is 1. The average molecular weight is 362 g/mol. The number of nitrogens with zero attached hydrogens (tertiary/aromatic N) is 3. The topological polar surface area (TPSA) is 51.8 Å². The minimum atomic E-state index is 0.536. The molecule has 3 rings (SSSR count). The highest BCUT2D eigenvalue weighted by Gasteiger charge is 2.11. The van der Waals surface area contributed by atoms with E-state index in [2.05, 4.69) is 31.1 Å². The summed E-state index contributed by atoms with van der Waals surface area (Å²) in [5.41, 5.74) is 2.16. The van der Waals surface area contributed by atoms with Crippen molar-refractivity contribution in [3.8, 4) is 11.5 Å². The lowest BCUT2D eigenvalue weighted by molar-refractivity contribution is 0.465. The van der Waals surface area contributed by atoms with Gasteiger partial charge in [-0.25, -0.2) is 0 Å². The van der Waals surface area contributed by atoms with E-state index in [1.807, 2.05) is 36.4 Å². The molecule has 0 aliphatic rings. The lowest BCUT2D eigenvalue weighted by Crippen LogP contribution is -1.88. The quantitative estimate of drug-likeness (QED) is 0.636. The van der Waals surface area contributed by atoms with E-state index in [0.717, 1.165) is 22.2 Å². The predicted octanol–water partition coefficient (Wildman–Crippen LogP) is 4.23.